The second-order valence-corrected chi connectivity index (χ2v) is 7.39. The number of ether oxygens (including phenoxy) is 2. The quantitative estimate of drug-likeness (QED) is 0.802. The highest BCUT2D eigenvalue weighted by atomic mass is 19.1. The molecule has 0 unspecified atom stereocenters. The second-order valence-electron chi connectivity index (χ2n) is 7.39. The average molecular weight is 329 g/mol. The van der Waals surface area contributed by atoms with E-state index in [9.17, 15) is 9.18 Å². The first kappa shape index (κ1) is 15.5. The zero-order valence-corrected chi connectivity index (χ0v) is 13.7. The van der Waals surface area contributed by atoms with Crippen LogP contribution in [0.2, 0.25) is 0 Å². The van der Waals surface area contributed by atoms with Gasteiger partial charge in [0.1, 0.15) is 18.0 Å². The third kappa shape index (κ3) is 2.67. The monoisotopic (exact) mass is 329 g/mol. The van der Waals surface area contributed by atoms with Crippen LogP contribution < -0.4 is 0 Å². The molecule has 1 saturated carbocycles. The van der Waals surface area contributed by atoms with Crippen molar-refractivity contribution in [3.63, 3.8) is 0 Å². The van der Waals surface area contributed by atoms with Crippen LogP contribution in [0.15, 0.2) is 30.5 Å². The van der Waals surface area contributed by atoms with E-state index in [1.165, 1.54) is 12.1 Å². The molecule has 3 heterocycles. The maximum absolute atomic E-state index is 14.2. The Morgan fingerprint density at radius 3 is 2.83 bits per heavy atom. The fraction of sp³-hybridized carbons (Fsp3) is 0.474. The van der Waals surface area contributed by atoms with Gasteiger partial charge in [0.05, 0.1) is 17.7 Å². The van der Waals surface area contributed by atoms with Gasteiger partial charge in [-0.05, 0) is 43.2 Å². The van der Waals surface area contributed by atoms with E-state index in [4.69, 9.17) is 9.47 Å². The molecule has 0 spiro atoms. The Balaban J connectivity index is 1.50. The molecule has 1 aromatic heterocycles. The number of nitrogens with zero attached hydrogens (tertiary/aromatic N) is 1. The topological polar surface area (TPSA) is 48.4 Å². The summed E-state index contributed by atoms with van der Waals surface area (Å²) in [6, 6.07) is 6.32. The summed E-state index contributed by atoms with van der Waals surface area (Å²) in [6.45, 7) is 3.13. The number of carbonyl (C=O) groups is 1. The van der Waals surface area contributed by atoms with Crippen LogP contribution in [0, 0.1) is 11.2 Å². The molecule has 0 N–H and O–H groups in total. The number of rotatable bonds is 3. The lowest BCUT2D eigenvalue weighted by Gasteiger charge is -2.51. The second kappa shape index (κ2) is 5.52. The van der Waals surface area contributed by atoms with Crippen LogP contribution in [-0.2, 0) is 9.47 Å². The molecule has 5 rings (SSSR count). The Kier molecular flexibility index (Phi) is 3.57. The highest BCUT2D eigenvalue weighted by Gasteiger charge is 2.48. The molecule has 5 heteroatoms. The van der Waals surface area contributed by atoms with Crippen LogP contribution in [-0.4, -0.2) is 29.8 Å². The van der Waals surface area contributed by atoms with Crippen LogP contribution in [0.1, 0.15) is 43.0 Å². The van der Waals surface area contributed by atoms with E-state index in [0.29, 0.717) is 17.5 Å². The first-order valence-corrected chi connectivity index (χ1v) is 8.34. The summed E-state index contributed by atoms with van der Waals surface area (Å²) < 4.78 is 25.6. The molecule has 1 aliphatic carbocycles. The third-order valence-corrected chi connectivity index (χ3v) is 5.47. The molecule has 126 valence electrons. The van der Waals surface area contributed by atoms with Crippen molar-refractivity contribution in [3.8, 4) is 0 Å². The largest absolute Gasteiger partial charge is 0.459 e. The molecule has 4 nitrogen and oxygen atoms in total. The van der Waals surface area contributed by atoms with Gasteiger partial charge in [-0.1, -0.05) is 13.0 Å². The summed E-state index contributed by atoms with van der Waals surface area (Å²) in [6.07, 6.45) is 5.54. The van der Waals surface area contributed by atoms with Crippen LogP contribution in [0.3, 0.4) is 0 Å². The Bertz CT molecular complexity index is 780. The van der Waals surface area contributed by atoms with Crippen molar-refractivity contribution in [2.45, 2.75) is 38.2 Å². The van der Waals surface area contributed by atoms with Crippen LogP contribution >= 0.6 is 0 Å². The standard InChI is InChI=1S/C19H20FNO3/c1-18-4-6-19(7-5-18,24-11-18)12-23-17(22)14-9-13-3-2-8-21-16(13)10-15(14)20/h2-3,8-10H,4-7,11-12H2,1H3. The molecular formula is C19H20FNO3. The molecule has 2 aliphatic heterocycles. The molecule has 0 atom stereocenters. The molecular weight excluding hydrogens is 309 g/mol. The molecule has 0 radical (unpaired) electrons. The minimum atomic E-state index is -0.643. The summed E-state index contributed by atoms with van der Waals surface area (Å²) >= 11 is 0. The highest BCUT2D eigenvalue weighted by Crippen LogP contribution is 2.48. The Morgan fingerprint density at radius 1 is 1.33 bits per heavy atom. The van der Waals surface area contributed by atoms with E-state index < -0.39 is 11.8 Å². The predicted octanol–water partition coefficient (Wildman–Crippen LogP) is 3.88. The molecule has 1 aromatic carbocycles. The van der Waals surface area contributed by atoms with Gasteiger partial charge >= 0.3 is 5.97 Å². The van der Waals surface area contributed by atoms with E-state index in [2.05, 4.69) is 11.9 Å². The Morgan fingerprint density at radius 2 is 2.12 bits per heavy atom. The summed E-state index contributed by atoms with van der Waals surface area (Å²) in [5.74, 6) is -1.25. The van der Waals surface area contributed by atoms with Gasteiger partial charge in [0.15, 0.2) is 0 Å². The molecule has 2 saturated heterocycles. The Labute approximate surface area is 140 Å². The summed E-state index contributed by atoms with van der Waals surface area (Å²) in [5, 5.41) is 0.714. The first-order valence-electron chi connectivity index (χ1n) is 8.34. The number of hydrogen-bond acceptors (Lipinski definition) is 4. The van der Waals surface area contributed by atoms with Gasteiger partial charge in [0, 0.05) is 17.6 Å². The number of hydrogen-bond donors (Lipinski definition) is 0. The van der Waals surface area contributed by atoms with Crippen molar-refractivity contribution in [1.29, 1.82) is 0 Å². The summed E-state index contributed by atoms with van der Waals surface area (Å²) in [7, 11) is 0. The number of fused-ring (bicyclic) bond motifs is 4. The van der Waals surface area contributed by atoms with E-state index in [1.807, 2.05) is 0 Å². The molecule has 2 bridgehead atoms. The molecule has 3 aliphatic rings. The number of carbonyl (C=O) groups excluding carboxylic acids is 1. The van der Waals surface area contributed by atoms with Gasteiger partial charge in [0.25, 0.3) is 0 Å². The van der Waals surface area contributed by atoms with Crippen molar-refractivity contribution in [2.75, 3.05) is 13.2 Å². The van der Waals surface area contributed by atoms with Gasteiger partial charge in [-0.3, -0.25) is 4.98 Å². The SMILES string of the molecule is CC12CCC(COC(=O)c3cc4cccnc4cc3F)(CC1)OC2. The van der Waals surface area contributed by atoms with Crippen LogP contribution in [0.25, 0.3) is 10.9 Å². The third-order valence-electron chi connectivity index (χ3n) is 5.47. The zero-order chi connectivity index (χ0) is 16.8. The lowest BCUT2D eigenvalue weighted by Crippen LogP contribution is -2.52. The number of halogens is 1. The minimum Gasteiger partial charge on any atom is -0.459 e. The predicted molar refractivity (Wildman–Crippen MR) is 87.2 cm³/mol. The van der Waals surface area contributed by atoms with Gasteiger partial charge in [-0.25, -0.2) is 9.18 Å². The summed E-state index contributed by atoms with van der Waals surface area (Å²) in [4.78, 5) is 16.4. The minimum absolute atomic E-state index is 0.0524. The van der Waals surface area contributed by atoms with Crippen molar-refractivity contribution < 1.29 is 18.7 Å². The number of benzene rings is 1. The lowest BCUT2D eigenvalue weighted by atomic mass is 9.67. The van der Waals surface area contributed by atoms with Crippen molar-refractivity contribution in [1.82, 2.24) is 4.98 Å². The average Bonchev–Trinajstić information content (AvgIpc) is 2.60. The van der Waals surface area contributed by atoms with E-state index in [1.54, 1.807) is 18.3 Å². The number of esters is 1. The lowest BCUT2D eigenvalue weighted by molar-refractivity contribution is -0.194. The van der Waals surface area contributed by atoms with Gasteiger partial charge in [0.2, 0.25) is 0 Å². The van der Waals surface area contributed by atoms with Gasteiger partial charge in [-0.15, -0.1) is 0 Å². The normalized spacial score (nSPS) is 28.9. The fourth-order valence-electron chi connectivity index (χ4n) is 3.64. The molecule has 0 amide bonds. The maximum Gasteiger partial charge on any atom is 0.341 e. The maximum atomic E-state index is 14.2. The fourth-order valence-corrected chi connectivity index (χ4v) is 3.64. The van der Waals surface area contributed by atoms with E-state index >= 15 is 0 Å². The smallest absolute Gasteiger partial charge is 0.341 e. The van der Waals surface area contributed by atoms with Crippen molar-refractivity contribution >= 4 is 16.9 Å². The Hall–Kier alpha value is -2.01. The summed E-state index contributed by atoms with van der Waals surface area (Å²) in [5.41, 5.74) is 0.349. The van der Waals surface area contributed by atoms with Crippen LogP contribution in [0.4, 0.5) is 4.39 Å². The number of aromatic nitrogens is 1. The highest BCUT2D eigenvalue weighted by molar-refractivity contribution is 5.94. The molecule has 2 aromatic rings. The van der Waals surface area contributed by atoms with Crippen molar-refractivity contribution in [3.05, 3.63) is 41.8 Å². The molecule has 24 heavy (non-hydrogen) atoms. The first-order chi connectivity index (χ1) is 11.5. The van der Waals surface area contributed by atoms with E-state index in [0.717, 1.165) is 25.7 Å². The number of pyridine rings is 1. The van der Waals surface area contributed by atoms with Gasteiger partial charge in [-0.2, -0.15) is 0 Å². The molecule has 3 fully saturated rings. The van der Waals surface area contributed by atoms with Gasteiger partial charge < -0.3 is 9.47 Å². The van der Waals surface area contributed by atoms with Crippen molar-refractivity contribution in [2.24, 2.45) is 5.41 Å². The van der Waals surface area contributed by atoms with Crippen LogP contribution in [0.5, 0.6) is 0 Å². The zero-order valence-electron chi connectivity index (χ0n) is 13.7. The van der Waals surface area contributed by atoms with E-state index in [-0.39, 0.29) is 23.2 Å².